The van der Waals surface area contributed by atoms with E-state index in [0.717, 1.165) is 19.0 Å². The minimum absolute atomic E-state index is 0.844. The van der Waals surface area contributed by atoms with Gasteiger partial charge in [0, 0.05) is 13.2 Å². The Kier molecular flexibility index (Phi) is 8.36. The average Bonchev–Trinajstić information content (AvgIpc) is 2.21. The number of rotatable bonds is 3. The van der Waals surface area contributed by atoms with Crippen molar-refractivity contribution in [3.05, 3.63) is 30.3 Å². The number of hydrogen-bond acceptors (Lipinski definition) is 2. The van der Waals surface area contributed by atoms with Crippen LogP contribution in [0.3, 0.4) is 0 Å². The molecule has 0 spiro atoms. The van der Waals surface area contributed by atoms with Crippen molar-refractivity contribution in [2.45, 2.75) is 13.8 Å². The molecule has 0 saturated carbocycles. The Morgan fingerprint density at radius 3 is 1.77 bits per heavy atom. The Balaban J connectivity index is 0.000000252. The molecule has 0 bridgehead atoms. The summed E-state index contributed by atoms with van der Waals surface area (Å²) in [6, 6.07) is 9.68. The van der Waals surface area contributed by atoms with Gasteiger partial charge in [-0.25, -0.2) is 0 Å². The van der Waals surface area contributed by atoms with Crippen molar-refractivity contribution in [2.24, 2.45) is 0 Å². The van der Waals surface area contributed by atoms with Crippen LogP contribution in [0.25, 0.3) is 0 Å². The summed E-state index contributed by atoms with van der Waals surface area (Å²) in [6.07, 6.45) is 0. The quantitative estimate of drug-likeness (QED) is 0.715. The Labute approximate surface area is 80.5 Å². The van der Waals surface area contributed by atoms with Crippen LogP contribution in [0.5, 0.6) is 5.75 Å². The van der Waals surface area contributed by atoms with Crippen LogP contribution in [-0.2, 0) is 4.74 Å². The maximum absolute atomic E-state index is 4.91. The zero-order valence-electron chi connectivity index (χ0n) is 8.62. The van der Waals surface area contributed by atoms with Gasteiger partial charge in [0.05, 0.1) is 7.11 Å². The summed E-state index contributed by atoms with van der Waals surface area (Å²) >= 11 is 0. The molecule has 0 unspecified atom stereocenters. The topological polar surface area (TPSA) is 18.5 Å². The molecule has 1 aromatic carbocycles. The SMILES string of the molecule is CCOCC.COc1ccccc1. The van der Waals surface area contributed by atoms with E-state index in [1.54, 1.807) is 7.11 Å². The van der Waals surface area contributed by atoms with Crippen LogP contribution < -0.4 is 4.74 Å². The van der Waals surface area contributed by atoms with Crippen molar-refractivity contribution in [3.63, 3.8) is 0 Å². The van der Waals surface area contributed by atoms with Gasteiger partial charge in [-0.05, 0) is 26.0 Å². The molecule has 1 aromatic rings. The van der Waals surface area contributed by atoms with E-state index in [4.69, 9.17) is 9.47 Å². The van der Waals surface area contributed by atoms with E-state index in [0.29, 0.717) is 0 Å². The molecule has 0 radical (unpaired) electrons. The van der Waals surface area contributed by atoms with Gasteiger partial charge in [0.2, 0.25) is 0 Å². The number of ether oxygens (including phenoxy) is 2. The third-order valence-corrected chi connectivity index (χ3v) is 1.39. The molecule has 2 heteroatoms. The molecule has 0 aliphatic rings. The van der Waals surface area contributed by atoms with Crippen LogP contribution in [0.4, 0.5) is 0 Å². The molecule has 0 aliphatic heterocycles. The fourth-order valence-electron chi connectivity index (χ4n) is 0.761. The van der Waals surface area contributed by atoms with Crippen LogP contribution in [-0.4, -0.2) is 20.3 Å². The van der Waals surface area contributed by atoms with E-state index in [1.807, 2.05) is 44.2 Å². The average molecular weight is 182 g/mol. The molecule has 0 aliphatic carbocycles. The number of para-hydroxylation sites is 1. The third-order valence-electron chi connectivity index (χ3n) is 1.39. The second-order valence-electron chi connectivity index (χ2n) is 2.30. The van der Waals surface area contributed by atoms with Gasteiger partial charge in [-0.2, -0.15) is 0 Å². The highest BCUT2D eigenvalue weighted by molar-refractivity contribution is 5.20. The number of benzene rings is 1. The maximum Gasteiger partial charge on any atom is 0.118 e. The largest absolute Gasteiger partial charge is 0.497 e. The van der Waals surface area contributed by atoms with Gasteiger partial charge in [0.15, 0.2) is 0 Å². The summed E-state index contributed by atoms with van der Waals surface area (Å²) in [5, 5.41) is 0. The van der Waals surface area contributed by atoms with Gasteiger partial charge in [0.25, 0.3) is 0 Å². The molecule has 13 heavy (non-hydrogen) atoms. The molecule has 1 rings (SSSR count). The van der Waals surface area contributed by atoms with Crippen LogP contribution in [0.2, 0.25) is 0 Å². The molecule has 0 heterocycles. The highest BCUT2D eigenvalue weighted by atomic mass is 16.5. The number of methoxy groups -OCH3 is 1. The van der Waals surface area contributed by atoms with E-state index < -0.39 is 0 Å². The van der Waals surface area contributed by atoms with Crippen molar-refractivity contribution < 1.29 is 9.47 Å². The van der Waals surface area contributed by atoms with Crippen molar-refractivity contribution in [3.8, 4) is 5.75 Å². The van der Waals surface area contributed by atoms with E-state index in [-0.39, 0.29) is 0 Å². The predicted molar refractivity (Wildman–Crippen MR) is 55.2 cm³/mol. The minimum atomic E-state index is 0.844. The Hall–Kier alpha value is -1.02. The third kappa shape index (κ3) is 7.34. The molecule has 0 N–H and O–H groups in total. The highest BCUT2D eigenvalue weighted by Gasteiger charge is 1.80. The molecule has 2 nitrogen and oxygen atoms in total. The van der Waals surface area contributed by atoms with E-state index in [2.05, 4.69) is 0 Å². The summed E-state index contributed by atoms with van der Waals surface area (Å²) < 4.78 is 9.75. The Morgan fingerprint density at radius 1 is 1.00 bits per heavy atom. The van der Waals surface area contributed by atoms with Gasteiger partial charge in [-0.1, -0.05) is 18.2 Å². The van der Waals surface area contributed by atoms with Gasteiger partial charge < -0.3 is 9.47 Å². The van der Waals surface area contributed by atoms with E-state index in [1.165, 1.54) is 0 Å². The van der Waals surface area contributed by atoms with Gasteiger partial charge >= 0.3 is 0 Å². The summed E-state index contributed by atoms with van der Waals surface area (Å²) in [7, 11) is 1.66. The predicted octanol–water partition coefficient (Wildman–Crippen LogP) is 2.74. The smallest absolute Gasteiger partial charge is 0.118 e. The summed E-state index contributed by atoms with van der Waals surface area (Å²) in [4.78, 5) is 0. The lowest BCUT2D eigenvalue weighted by Crippen LogP contribution is -1.84. The van der Waals surface area contributed by atoms with Crippen LogP contribution >= 0.6 is 0 Å². The maximum atomic E-state index is 4.91. The Morgan fingerprint density at radius 2 is 1.54 bits per heavy atom. The summed E-state index contributed by atoms with van der Waals surface area (Å²) in [5.41, 5.74) is 0. The minimum Gasteiger partial charge on any atom is -0.497 e. The first-order valence-corrected chi connectivity index (χ1v) is 4.51. The normalized spacial score (nSPS) is 8.54. The van der Waals surface area contributed by atoms with Crippen LogP contribution in [0, 0.1) is 0 Å². The molecule has 0 amide bonds. The zero-order chi connectivity index (χ0) is 9.94. The molecule has 0 atom stereocenters. The van der Waals surface area contributed by atoms with E-state index in [9.17, 15) is 0 Å². The molecule has 0 aromatic heterocycles. The van der Waals surface area contributed by atoms with Crippen LogP contribution in [0.15, 0.2) is 30.3 Å². The molecular formula is C11H18O2. The van der Waals surface area contributed by atoms with Crippen molar-refractivity contribution in [2.75, 3.05) is 20.3 Å². The van der Waals surface area contributed by atoms with Crippen molar-refractivity contribution in [1.82, 2.24) is 0 Å². The summed E-state index contributed by atoms with van der Waals surface area (Å²) in [6.45, 7) is 5.67. The first kappa shape index (κ1) is 12.0. The van der Waals surface area contributed by atoms with Crippen LogP contribution in [0.1, 0.15) is 13.8 Å². The lowest BCUT2D eigenvalue weighted by molar-refractivity contribution is 0.162. The fraction of sp³-hybridized carbons (Fsp3) is 0.455. The van der Waals surface area contributed by atoms with Gasteiger partial charge in [-0.3, -0.25) is 0 Å². The molecular weight excluding hydrogens is 164 g/mol. The fourth-order valence-corrected chi connectivity index (χ4v) is 0.761. The van der Waals surface area contributed by atoms with Gasteiger partial charge in [0.1, 0.15) is 5.75 Å². The second-order valence-corrected chi connectivity index (χ2v) is 2.30. The lowest BCUT2D eigenvalue weighted by atomic mass is 10.3. The standard InChI is InChI=1S/C7H8O.C4H10O/c1-8-7-5-3-2-4-6-7;1-3-5-4-2/h2-6H,1H3;3-4H2,1-2H3. The van der Waals surface area contributed by atoms with Crippen molar-refractivity contribution >= 4 is 0 Å². The lowest BCUT2D eigenvalue weighted by Gasteiger charge is -1.93. The Bertz CT molecular complexity index is 183. The zero-order valence-corrected chi connectivity index (χ0v) is 8.62. The van der Waals surface area contributed by atoms with Crippen molar-refractivity contribution in [1.29, 1.82) is 0 Å². The van der Waals surface area contributed by atoms with E-state index >= 15 is 0 Å². The number of hydrogen-bond donors (Lipinski definition) is 0. The first-order valence-electron chi connectivity index (χ1n) is 4.51. The monoisotopic (exact) mass is 182 g/mol. The van der Waals surface area contributed by atoms with Gasteiger partial charge in [-0.15, -0.1) is 0 Å². The molecule has 0 fully saturated rings. The highest BCUT2D eigenvalue weighted by Crippen LogP contribution is 2.05. The molecule has 0 saturated heterocycles. The summed E-state index contributed by atoms with van der Waals surface area (Å²) in [5.74, 6) is 0.910. The first-order chi connectivity index (χ1) is 6.35. The second kappa shape index (κ2) is 9.07. The molecule has 74 valence electrons.